The van der Waals surface area contributed by atoms with Gasteiger partial charge in [0.05, 0.1) is 17.7 Å². The zero-order valence-corrected chi connectivity index (χ0v) is 11.5. The smallest absolute Gasteiger partial charge is 0.272 e. The molecule has 1 aromatic heterocycles. The van der Waals surface area contributed by atoms with Gasteiger partial charge in [0.25, 0.3) is 5.69 Å². The number of nitrogens with one attached hydrogen (secondary N) is 1. The lowest BCUT2D eigenvalue weighted by Crippen LogP contribution is -2.14. The molecule has 0 amide bonds. The molecule has 0 fully saturated rings. The third-order valence-electron chi connectivity index (χ3n) is 3.16. The van der Waals surface area contributed by atoms with Crippen LogP contribution in [-0.4, -0.2) is 9.91 Å². The van der Waals surface area contributed by atoms with Gasteiger partial charge in [0, 0.05) is 24.6 Å². The van der Waals surface area contributed by atoms with Crippen molar-refractivity contribution in [3.63, 3.8) is 0 Å². The summed E-state index contributed by atoms with van der Waals surface area (Å²) >= 11 is 0. The summed E-state index contributed by atoms with van der Waals surface area (Å²) in [5, 5.41) is 14.0. The maximum Gasteiger partial charge on any atom is 0.272 e. The van der Waals surface area contributed by atoms with E-state index in [-0.39, 0.29) is 10.6 Å². The number of aryl methyl sites for hydroxylation is 1. The summed E-state index contributed by atoms with van der Waals surface area (Å²) < 4.78 is 5.48. The van der Waals surface area contributed by atoms with Crippen molar-refractivity contribution in [1.29, 1.82) is 0 Å². The molecule has 1 heterocycles. The van der Waals surface area contributed by atoms with E-state index in [1.54, 1.807) is 19.2 Å². The fraction of sp³-hybridized carbons (Fsp3) is 0.357. The van der Waals surface area contributed by atoms with Crippen LogP contribution in [0.15, 0.2) is 28.8 Å². The second-order valence-electron chi connectivity index (χ2n) is 4.50. The summed E-state index contributed by atoms with van der Waals surface area (Å²) in [4.78, 5) is 14.7. The van der Waals surface area contributed by atoms with Crippen LogP contribution >= 0.6 is 0 Å². The molecule has 0 aliphatic rings. The zero-order valence-electron chi connectivity index (χ0n) is 11.5. The van der Waals surface area contributed by atoms with E-state index in [1.165, 1.54) is 6.07 Å². The van der Waals surface area contributed by atoms with Crippen molar-refractivity contribution < 1.29 is 9.34 Å². The molecule has 6 heteroatoms. The van der Waals surface area contributed by atoms with Gasteiger partial charge in [-0.3, -0.25) is 10.1 Å². The summed E-state index contributed by atoms with van der Waals surface area (Å²) in [7, 11) is 0. The fourth-order valence-electron chi connectivity index (χ4n) is 1.96. The third kappa shape index (κ3) is 3.21. The van der Waals surface area contributed by atoms with E-state index in [1.807, 2.05) is 13.0 Å². The molecule has 0 saturated heterocycles. The van der Waals surface area contributed by atoms with E-state index in [9.17, 15) is 10.1 Å². The number of oxazole rings is 1. The Balaban J connectivity index is 1.97. The molecule has 0 radical (unpaired) electrons. The van der Waals surface area contributed by atoms with Crippen molar-refractivity contribution in [3.8, 4) is 0 Å². The van der Waals surface area contributed by atoms with Gasteiger partial charge in [-0.05, 0) is 12.5 Å². The zero-order chi connectivity index (χ0) is 14.5. The van der Waals surface area contributed by atoms with Crippen LogP contribution in [-0.2, 0) is 19.5 Å². The topological polar surface area (TPSA) is 81.2 Å². The Kier molecular flexibility index (Phi) is 4.47. The number of nitro groups is 1. The van der Waals surface area contributed by atoms with Crippen molar-refractivity contribution in [2.75, 3.05) is 0 Å². The Morgan fingerprint density at radius 3 is 2.85 bits per heavy atom. The number of benzene rings is 1. The lowest BCUT2D eigenvalue weighted by molar-refractivity contribution is -0.385. The second-order valence-corrected chi connectivity index (χ2v) is 4.50. The predicted molar refractivity (Wildman–Crippen MR) is 74.3 cm³/mol. The van der Waals surface area contributed by atoms with E-state index in [2.05, 4.69) is 10.3 Å². The van der Waals surface area contributed by atoms with Crippen LogP contribution in [0.25, 0.3) is 0 Å². The van der Waals surface area contributed by atoms with E-state index in [4.69, 9.17) is 4.42 Å². The van der Waals surface area contributed by atoms with Crippen molar-refractivity contribution >= 4 is 5.69 Å². The van der Waals surface area contributed by atoms with E-state index in [0.717, 1.165) is 17.7 Å². The highest BCUT2D eigenvalue weighted by Crippen LogP contribution is 2.20. The first-order valence-corrected chi connectivity index (χ1v) is 6.49. The van der Waals surface area contributed by atoms with Crippen LogP contribution in [0, 0.1) is 17.0 Å². The van der Waals surface area contributed by atoms with Crippen molar-refractivity contribution in [2.24, 2.45) is 0 Å². The highest BCUT2D eigenvalue weighted by molar-refractivity contribution is 5.44. The second kappa shape index (κ2) is 6.29. The largest absolute Gasteiger partial charge is 0.444 e. The number of aromatic nitrogens is 1. The maximum absolute atomic E-state index is 10.9. The van der Waals surface area contributed by atoms with Gasteiger partial charge < -0.3 is 9.73 Å². The number of nitrogens with zero attached hydrogens (tertiary/aromatic N) is 2. The van der Waals surface area contributed by atoms with Crippen LogP contribution < -0.4 is 5.32 Å². The molecule has 0 aliphatic heterocycles. The van der Waals surface area contributed by atoms with Crippen LogP contribution in [0.1, 0.15) is 29.7 Å². The SMILES string of the molecule is CCc1cnc(CNCc2cccc([N+](=O)[O-])c2C)o1. The number of hydrogen-bond acceptors (Lipinski definition) is 5. The molecule has 0 unspecified atom stereocenters. The quantitative estimate of drug-likeness (QED) is 0.647. The predicted octanol–water partition coefficient (Wildman–Crippen LogP) is 2.74. The minimum atomic E-state index is -0.361. The molecule has 0 aliphatic carbocycles. The molecule has 6 nitrogen and oxygen atoms in total. The van der Waals surface area contributed by atoms with Crippen molar-refractivity contribution in [2.45, 2.75) is 33.4 Å². The van der Waals surface area contributed by atoms with Crippen molar-refractivity contribution in [3.05, 3.63) is 57.3 Å². The highest BCUT2D eigenvalue weighted by atomic mass is 16.6. The molecule has 2 rings (SSSR count). The first kappa shape index (κ1) is 14.2. The van der Waals surface area contributed by atoms with Gasteiger partial charge in [-0.15, -0.1) is 0 Å². The Hall–Kier alpha value is -2.21. The molecule has 20 heavy (non-hydrogen) atoms. The normalized spacial score (nSPS) is 10.7. The standard InChI is InChI=1S/C14H17N3O3/c1-3-12-8-16-14(20-12)9-15-7-11-5-4-6-13(10(11)2)17(18)19/h4-6,8,15H,3,7,9H2,1-2H3. The number of rotatable bonds is 6. The highest BCUT2D eigenvalue weighted by Gasteiger charge is 2.12. The summed E-state index contributed by atoms with van der Waals surface area (Å²) in [6.45, 7) is 4.80. The summed E-state index contributed by atoms with van der Waals surface area (Å²) in [5.41, 5.74) is 1.74. The molecule has 2 aromatic rings. The maximum atomic E-state index is 10.9. The molecule has 0 spiro atoms. The van der Waals surface area contributed by atoms with E-state index < -0.39 is 0 Å². The summed E-state index contributed by atoms with van der Waals surface area (Å²) in [5.74, 6) is 1.48. The minimum Gasteiger partial charge on any atom is -0.444 e. The summed E-state index contributed by atoms with van der Waals surface area (Å²) in [6.07, 6.45) is 2.53. The van der Waals surface area contributed by atoms with Crippen LogP contribution in [0.4, 0.5) is 5.69 Å². The average Bonchev–Trinajstić information content (AvgIpc) is 2.88. The average molecular weight is 275 g/mol. The van der Waals surface area contributed by atoms with Crippen LogP contribution in [0.5, 0.6) is 0 Å². The third-order valence-corrected chi connectivity index (χ3v) is 3.16. The molecule has 1 aromatic carbocycles. The van der Waals surface area contributed by atoms with Gasteiger partial charge in [-0.25, -0.2) is 4.98 Å². The monoisotopic (exact) mass is 275 g/mol. The van der Waals surface area contributed by atoms with Gasteiger partial charge in [0.2, 0.25) is 5.89 Å². The van der Waals surface area contributed by atoms with Gasteiger partial charge >= 0.3 is 0 Å². The Morgan fingerprint density at radius 2 is 2.20 bits per heavy atom. The lowest BCUT2D eigenvalue weighted by Gasteiger charge is -2.06. The van der Waals surface area contributed by atoms with Gasteiger partial charge in [-0.1, -0.05) is 19.1 Å². The first-order chi connectivity index (χ1) is 9.61. The van der Waals surface area contributed by atoms with Gasteiger partial charge in [-0.2, -0.15) is 0 Å². The Labute approximate surface area is 117 Å². The van der Waals surface area contributed by atoms with E-state index >= 15 is 0 Å². The van der Waals surface area contributed by atoms with E-state index in [0.29, 0.717) is 24.5 Å². The number of nitro benzene ring substituents is 1. The molecule has 0 bridgehead atoms. The Morgan fingerprint density at radius 1 is 1.40 bits per heavy atom. The Bertz CT molecular complexity index is 607. The van der Waals surface area contributed by atoms with Crippen LogP contribution in [0.3, 0.4) is 0 Å². The summed E-state index contributed by atoms with van der Waals surface area (Å²) in [6, 6.07) is 5.09. The molecule has 0 saturated carbocycles. The minimum absolute atomic E-state index is 0.147. The fourth-order valence-corrected chi connectivity index (χ4v) is 1.96. The van der Waals surface area contributed by atoms with Crippen LogP contribution in [0.2, 0.25) is 0 Å². The molecule has 106 valence electrons. The molecule has 1 N–H and O–H groups in total. The van der Waals surface area contributed by atoms with Gasteiger partial charge in [0.1, 0.15) is 5.76 Å². The molecular formula is C14H17N3O3. The van der Waals surface area contributed by atoms with Crippen molar-refractivity contribution in [1.82, 2.24) is 10.3 Å². The molecular weight excluding hydrogens is 258 g/mol. The lowest BCUT2D eigenvalue weighted by atomic mass is 10.1. The number of hydrogen-bond donors (Lipinski definition) is 1. The first-order valence-electron chi connectivity index (χ1n) is 6.49. The van der Waals surface area contributed by atoms with Gasteiger partial charge in [0.15, 0.2) is 0 Å². The molecule has 0 atom stereocenters.